The minimum atomic E-state index is -0.720. The van der Waals surface area contributed by atoms with Gasteiger partial charge in [-0.1, -0.05) is 0 Å². The summed E-state index contributed by atoms with van der Waals surface area (Å²) in [6, 6.07) is 9.51. The lowest BCUT2D eigenvalue weighted by Crippen LogP contribution is -2.32. The Balaban J connectivity index is 2.05. The number of methoxy groups -OCH3 is 1. The number of ether oxygens (including phenoxy) is 2. The lowest BCUT2D eigenvalue weighted by Gasteiger charge is -2.24. The number of aliphatic hydroxyl groups excluding tert-OH is 1. The molecule has 0 bridgehead atoms. The van der Waals surface area contributed by atoms with Crippen molar-refractivity contribution in [3.63, 3.8) is 0 Å². The highest BCUT2D eigenvalue weighted by molar-refractivity contribution is 6.46. The van der Waals surface area contributed by atoms with Gasteiger partial charge in [0.05, 0.1) is 24.3 Å². The van der Waals surface area contributed by atoms with Crippen molar-refractivity contribution < 1.29 is 24.2 Å². The summed E-state index contributed by atoms with van der Waals surface area (Å²) in [7, 11) is 1.53. The van der Waals surface area contributed by atoms with Crippen LogP contribution in [0.1, 0.15) is 31.0 Å². The number of hydrogen-bond acceptors (Lipinski definition) is 6. The molecule has 0 aliphatic carbocycles. The summed E-state index contributed by atoms with van der Waals surface area (Å²) in [4.78, 5) is 30.9. The molecule has 1 aliphatic rings. The maximum atomic E-state index is 12.8. The van der Waals surface area contributed by atoms with Crippen LogP contribution in [0.2, 0.25) is 0 Å². The van der Waals surface area contributed by atoms with Gasteiger partial charge in [0.25, 0.3) is 11.7 Å². The van der Waals surface area contributed by atoms with Gasteiger partial charge in [0.2, 0.25) is 0 Å². The van der Waals surface area contributed by atoms with Crippen LogP contribution in [0.25, 0.3) is 5.76 Å². The normalized spacial score (nSPS) is 18.5. The highest BCUT2D eigenvalue weighted by Gasteiger charge is 2.45. The van der Waals surface area contributed by atoms with Gasteiger partial charge in [-0.2, -0.15) is 0 Å². The van der Waals surface area contributed by atoms with Crippen molar-refractivity contribution >= 4 is 17.4 Å². The van der Waals surface area contributed by atoms with Crippen LogP contribution in [0.5, 0.6) is 5.75 Å². The summed E-state index contributed by atoms with van der Waals surface area (Å²) < 4.78 is 10.7. The fraction of sp³-hybridized carbons (Fsp3) is 0.318. The molecule has 3 rings (SSSR count). The molecule has 1 aromatic heterocycles. The van der Waals surface area contributed by atoms with Crippen LogP contribution in [0.4, 0.5) is 0 Å². The van der Waals surface area contributed by atoms with Gasteiger partial charge in [0.1, 0.15) is 11.5 Å². The number of rotatable bonds is 7. The van der Waals surface area contributed by atoms with Gasteiger partial charge in [-0.15, -0.1) is 0 Å². The number of pyridine rings is 1. The molecular formula is C22H24N2O5. The monoisotopic (exact) mass is 396 g/mol. The van der Waals surface area contributed by atoms with E-state index in [0.717, 1.165) is 0 Å². The molecule has 1 fully saturated rings. The predicted molar refractivity (Wildman–Crippen MR) is 107 cm³/mol. The van der Waals surface area contributed by atoms with E-state index in [9.17, 15) is 14.7 Å². The Bertz CT molecular complexity index is 907. The first-order valence-electron chi connectivity index (χ1n) is 9.38. The number of hydrogen-bond donors (Lipinski definition) is 1. The summed E-state index contributed by atoms with van der Waals surface area (Å²) in [5.74, 6) is -0.947. The zero-order chi connectivity index (χ0) is 21.0. The minimum Gasteiger partial charge on any atom is -0.507 e. The molecule has 29 heavy (non-hydrogen) atoms. The summed E-state index contributed by atoms with van der Waals surface area (Å²) in [5.41, 5.74) is 1.18. The summed E-state index contributed by atoms with van der Waals surface area (Å²) in [6.45, 7) is 4.34. The third-order valence-corrected chi connectivity index (χ3v) is 4.60. The SMILES string of the molecule is COCCN1C(=O)C(=O)/C(=C(\O)c2ccc(OC(C)C)cc2)C1c1ccncc1. The van der Waals surface area contributed by atoms with E-state index in [-0.39, 0.29) is 30.6 Å². The van der Waals surface area contributed by atoms with Gasteiger partial charge >= 0.3 is 0 Å². The Hall–Kier alpha value is -3.19. The molecular weight excluding hydrogens is 372 g/mol. The third kappa shape index (κ3) is 4.30. The zero-order valence-corrected chi connectivity index (χ0v) is 16.7. The number of amides is 1. The maximum absolute atomic E-state index is 12.8. The fourth-order valence-corrected chi connectivity index (χ4v) is 3.31. The second kappa shape index (κ2) is 8.87. The molecule has 2 heterocycles. The van der Waals surface area contributed by atoms with Gasteiger partial charge in [0.15, 0.2) is 0 Å². The average Bonchev–Trinajstić information content (AvgIpc) is 2.97. The van der Waals surface area contributed by atoms with Gasteiger partial charge in [-0.05, 0) is 55.8 Å². The van der Waals surface area contributed by atoms with Crippen molar-refractivity contribution in [2.45, 2.75) is 26.0 Å². The molecule has 1 amide bonds. The van der Waals surface area contributed by atoms with Crippen molar-refractivity contribution in [2.24, 2.45) is 0 Å². The number of aliphatic hydroxyl groups is 1. The Morgan fingerprint density at radius 2 is 1.79 bits per heavy atom. The second-order valence-electron chi connectivity index (χ2n) is 6.96. The van der Waals surface area contributed by atoms with E-state index in [1.807, 2.05) is 13.8 Å². The number of carbonyl (C=O) groups is 2. The summed E-state index contributed by atoms with van der Waals surface area (Å²) >= 11 is 0. The van der Waals surface area contributed by atoms with E-state index >= 15 is 0 Å². The lowest BCUT2D eigenvalue weighted by atomic mass is 9.96. The van der Waals surface area contributed by atoms with E-state index < -0.39 is 17.7 Å². The second-order valence-corrected chi connectivity index (χ2v) is 6.96. The summed E-state index contributed by atoms with van der Waals surface area (Å²) in [6.07, 6.45) is 3.19. The average molecular weight is 396 g/mol. The first kappa shape index (κ1) is 20.5. The highest BCUT2D eigenvalue weighted by atomic mass is 16.5. The molecule has 1 saturated heterocycles. The van der Waals surface area contributed by atoms with Gasteiger partial charge in [-0.25, -0.2) is 0 Å². The molecule has 1 aromatic carbocycles. The van der Waals surface area contributed by atoms with Gasteiger partial charge < -0.3 is 19.5 Å². The van der Waals surface area contributed by atoms with Crippen molar-refractivity contribution in [3.8, 4) is 5.75 Å². The van der Waals surface area contributed by atoms with Gasteiger partial charge in [0, 0.05) is 31.6 Å². The molecule has 1 atom stereocenters. The first-order valence-corrected chi connectivity index (χ1v) is 9.38. The largest absolute Gasteiger partial charge is 0.507 e. The van der Waals surface area contributed by atoms with Crippen molar-refractivity contribution in [3.05, 3.63) is 65.5 Å². The number of nitrogens with zero attached hydrogens (tertiary/aromatic N) is 2. The molecule has 1 N–H and O–H groups in total. The molecule has 7 heteroatoms. The molecule has 0 spiro atoms. The van der Waals surface area contributed by atoms with Crippen LogP contribution < -0.4 is 4.74 Å². The number of ketones is 1. The Morgan fingerprint density at radius 1 is 1.14 bits per heavy atom. The number of likely N-dealkylation sites (tertiary alicyclic amines) is 1. The van der Waals surface area contributed by atoms with Crippen molar-refractivity contribution in [1.82, 2.24) is 9.88 Å². The van der Waals surface area contributed by atoms with E-state index in [0.29, 0.717) is 16.9 Å². The number of aromatic nitrogens is 1. The number of benzene rings is 1. The fourth-order valence-electron chi connectivity index (χ4n) is 3.31. The van der Waals surface area contributed by atoms with Crippen LogP contribution >= 0.6 is 0 Å². The topological polar surface area (TPSA) is 89.0 Å². The quantitative estimate of drug-likeness (QED) is 0.440. The van der Waals surface area contributed by atoms with Crippen LogP contribution in [0.3, 0.4) is 0 Å². The summed E-state index contributed by atoms with van der Waals surface area (Å²) in [5, 5.41) is 10.9. The maximum Gasteiger partial charge on any atom is 0.295 e. The van der Waals surface area contributed by atoms with Crippen LogP contribution in [0, 0.1) is 0 Å². The number of carbonyl (C=O) groups excluding carboxylic acids is 2. The highest BCUT2D eigenvalue weighted by Crippen LogP contribution is 2.39. The molecule has 0 radical (unpaired) electrons. The smallest absolute Gasteiger partial charge is 0.295 e. The van der Waals surface area contributed by atoms with Crippen LogP contribution in [-0.4, -0.2) is 53.0 Å². The first-order chi connectivity index (χ1) is 13.9. The minimum absolute atomic E-state index is 0.0206. The van der Waals surface area contributed by atoms with Crippen molar-refractivity contribution in [2.75, 3.05) is 20.3 Å². The molecule has 2 aromatic rings. The lowest BCUT2D eigenvalue weighted by molar-refractivity contribution is -0.140. The number of Topliss-reactive ketones (excluding diaryl/α,β-unsaturated/α-hetero) is 1. The Morgan fingerprint density at radius 3 is 2.38 bits per heavy atom. The molecule has 152 valence electrons. The van der Waals surface area contributed by atoms with E-state index in [4.69, 9.17) is 9.47 Å². The standard InChI is InChI=1S/C22H24N2O5/c1-14(2)29-17-6-4-16(5-7-17)20(25)18-19(15-8-10-23-11-9-15)24(12-13-28-3)22(27)21(18)26/h4-11,14,19,25H,12-13H2,1-3H3/b20-18-. The van der Waals surface area contributed by atoms with E-state index in [1.54, 1.807) is 48.8 Å². The van der Waals surface area contributed by atoms with E-state index in [1.165, 1.54) is 12.0 Å². The third-order valence-electron chi connectivity index (χ3n) is 4.60. The molecule has 7 nitrogen and oxygen atoms in total. The van der Waals surface area contributed by atoms with Crippen LogP contribution in [0.15, 0.2) is 54.4 Å². The van der Waals surface area contributed by atoms with Crippen LogP contribution in [-0.2, 0) is 14.3 Å². The Kier molecular flexibility index (Phi) is 6.29. The van der Waals surface area contributed by atoms with E-state index in [2.05, 4.69) is 4.98 Å². The zero-order valence-electron chi connectivity index (χ0n) is 16.7. The predicted octanol–water partition coefficient (Wildman–Crippen LogP) is 2.94. The Labute approximate surface area is 169 Å². The molecule has 0 saturated carbocycles. The van der Waals surface area contributed by atoms with Gasteiger partial charge in [-0.3, -0.25) is 14.6 Å². The molecule has 1 aliphatic heterocycles. The molecule has 1 unspecified atom stereocenters. The van der Waals surface area contributed by atoms with Crippen molar-refractivity contribution in [1.29, 1.82) is 0 Å².